The number of carbonyl (C=O) groups is 2. The largest absolute Gasteiger partial charge is 0.342 e. The van der Waals surface area contributed by atoms with Crippen LogP contribution in [0.4, 0.5) is 10.1 Å². The average Bonchev–Trinajstić information content (AvgIpc) is 3.18. The van der Waals surface area contributed by atoms with E-state index in [1.54, 1.807) is 31.2 Å². The average molecular weight is 372 g/mol. The molecule has 2 aromatic rings. The van der Waals surface area contributed by atoms with Gasteiger partial charge in [-0.1, -0.05) is 18.2 Å². The molecule has 0 spiro atoms. The second kappa shape index (κ2) is 8.36. The third kappa shape index (κ3) is 4.43. The van der Waals surface area contributed by atoms with Gasteiger partial charge in [-0.3, -0.25) is 9.59 Å². The number of anilines is 1. The number of thioether (sulfide) groups is 1. The Morgan fingerprint density at radius 2 is 1.88 bits per heavy atom. The zero-order chi connectivity index (χ0) is 18.5. The number of halogens is 1. The zero-order valence-corrected chi connectivity index (χ0v) is 15.4. The zero-order valence-electron chi connectivity index (χ0n) is 14.6. The first kappa shape index (κ1) is 18.5. The third-order valence-corrected chi connectivity index (χ3v) is 5.43. The van der Waals surface area contributed by atoms with Crippen molar-refractivity contribution in [2.45, 2.75) is 24.7 Å². The van der Waals surface area contributed by atoms with Gasteiger partial charge in [0.05, 0.1) is 11.3 Å². The van der Waals surface area contributed by atoms with Gasteiger partial charge in [0, 0.05) is 23.7 Å². The Morgan fingerprint density at radius 3 is 2.62 bits per heavy atom. The van der Waals surface area contributed by atoms with E-state index in [-0.39, 0.29) is 17.6 Å². The maximum absolute atomic E-state index is 13.7. The van der Waals surface area contributed by atoms with Gasteiger partial charge in [0.2, 0.25) is 5.91 Å². The first-order valence-corrected chi connectivity index (χ1v) is 9.60. The monoisotopic (exact) mass is 372 g/mol. The van der Waals surface area contributed by atoms with Crippen LogP contribution in [0.1, 0.15) is 28.8 Å². The number of hydrogen-bond acceptors (Lipinski definition) is 3. The van der Waals surface area contributed by atoms with Crippen molar-refractivity contribution in [1.82, 2.24) is 4.90 Å². The molecule has 0 radical (unpaired) electrons. The highest BCUT2D eigenvalue weighted by molar-refractivity contribution is 8.00. The van der Waals surface area contributed by atoms with Crippen molar-refractivity contribution < 1.29 is 14.0 Å². The van der Waals surface area contributed by atoms with Crippen LogP contribution in [-0.4, -0.2) is 35.6 Å². The van der Waals surface area contributed by atoms with Crippen molar-refractivity contribution in [2.75, 3.05) is 24.2 Å². The lowest BCUT2D eigenvalue weighted by Crippen LogP contribution is -2.29. The van der Waals surface area contributed by atoms with Crippen LogP contribution >= 0.6 is 11.8 Å². The molecule has 1 fully saturated rings. The molecule has 0 aliphatic carbocycles. The van der Waals surface area contributed by atoms with Crippen LogP contribution in [0.25, 0.3) is 0 Å². The number of carbonyl (C=O) groups excluding carboxylic acids is 2. The standard InChI is InChI=1S/C20H21FN2O2S/c1-14-8-9-15(12-17(14)21)22-20(25)16-6-2-3-7-18(16)26-13-19(24)23-10-4-5-11-23/h2-3,6-9,12H,4-5,10-11,13H2,1H3,(H,22,25). The molecule has 2 aromatic carbocycles. The Balaban J connectivity index is 1.68. The van der Waals surface area contributed by atoms with Crippen molar-refractivity contribution in [3.05, 3.63) is 59.4 Å². The smallest absolute Gasteiger partial charge is 0.256 e. The summed E-state index contributed by atoms with van der Waals surface area (Å²) in [5, 5.41) is 2.72. The van der Waals surface area contributed by atoms with Gasteiger partial charge in [-0.2, -0.15) is 0 Å². The molecule has 0 atom stereocenters. The third-order valence-electron chi connectivity index (χ3n) is 4.37. The summed E-state index contributed by atoms with van der Waals surface area (Å²) in [5.41, 5.74) is 1.41. The van der Waals surface area contributed by atoms with Gasteiger partial charge in [-0.25, -0.2) is 4.39 Å². The molecule has 1 saturated heterocycles. The molecule has 1 heterocycles. The number of benzene rings is 2. The molecular weight excluding hydrogens is 351 g/mol. The molecule has 26 heavy (non-hydrogen) atoms. The van der Waals surface area contributed by atoms with Crippen LogP contribution in [0.5, 0.6) is 0 Å². The highest BCUT2D eigenvalue weighted by atomic mass is 32.2. The molecule has 1 N–H and O–H groups in total. The van der Waals surface area contributed by atoms with Crippen LogP contribution in [0.2, 0.25) is 0 Å². The minimum Gasteiger partial charge on any atom is -0.342 e. The Hall–Kier alpha value is -2.34. The van der Waals surface area contributed by atoms with Gasteiger partial charge >= 0.3 is 0 Å². The fraction of sp³-hybridized carbons (Fsp3) is 0.300. The predicted molar refractivity (Wildman–Crippen MR) is 102 cm³/mol. The summed E-state index contributed by atoms with van der Waals surface area (Å²) >= 11 is 1.36. The summed E-state index contributed by atoms with van der Waals surface area (Å²) in [4.78, 5) is 27.4. The van der Waals surface area contributed by atoms with Crippen molar-refractivity contribution in [2.24, 2.45) is 0 Å². The fourth-order valence-corrected chi connectivity index (χ4v) is 3.80. The summed E-state index contributed by atoms with van der Waals surface area (Å²) in [7, 11) is 0. The van der Waals surface area contributed by atoms with Crippen LogP contribution in [0.15, 0.2) is 47.4 Å². The Kier molecular flexibility index (Phi) is 5.93. The minimum atomic E-state index is -0.360. The van der Waals surface area contributed by atoms with E-state index in [1.807, 2.05) is 17.0 Å². The number of nitrogens with zero attached hydrogens (tertiary/aromatic N) is 1. The lowest BCUT2D eigenvalue weighted by atomic mass is 10.2. The Bertz CT molecular complexity index is 819. The van der Waals surface area contributed by atoms with Crippen molar-refractivity contribution in [3.8, 4) is 0 Å². The molecule has 136 valence electrons. The Labute approximate surface area is 156 Å². The molecule has 0 saturated carbocycles. The van der Waals surface area contributed by atoms with Crippen LogP contribution in [0, 0.1) is 12.7 Å². The van der Waals surface area contributed by atoms with E-state index in [4.69, 9.17) is 0 Å². The van der Waals surface area contributed by atoms with E-state index in [0.29, 0.717) is 22.6 Å². The van der Waals surface area contributed by atoms with Crippen molar-refractivity contribution in [3.63, 3.8) is 0 Å². The number of hydrogen-bond donors (Lipinski definition) is 1. The van der Waals surface area contributed by atoms with E-state index in [1.165, 1.54) is 17.8 Å². The first-order chi connectivity index (χ1) is 12.5. The molecule has 0 aromatic heterocycles. The highest BCUT2D eigenvalue weighted by Crippen LogP contribution is 2.25. The summed E-state index contributed by atoms with van der Waals surface area (Å²) < 4.78 is 13.7. The van der Waals surface area contributed by atoms with Gasteiger partial charge in [0.1, 0.15) is 5.82 Å². The summed E-state index contributed by atoms with van der Waals surface area (Å²) in [6.07, 6.45) is 2.12. The summed E-state index contributed by atoms with van der Waals surface area (Å²) in [6, 6.07) is 11.8. The number of rotatable bonds is 5. The summed E-state index contributed by atoms with van der Waals surface area (Å²) in [5.74, 6) is -0.265. The van der Waals surface area contributed by atoms with Crippen molar-refractivity contribution in [1.29, 1.82) is 0 Å². The predicted octanol–water partition coefficient (Wildman–Crippen LogP) is 4.10. The maximum Gasteiger partial charge on any atom is 0.256 e. The molecule has 1 aliphatic rings. The fourth-order valence-electron chi connectivity index (χ4n) is 2.85. The number of nitrogens with one attached hydrogen (secondary N) is 1. The molecule has 3 rings (SSSR count). The highest BCUT2D eigenvalue weighted by Gasteiger charge is 2.19. The van der Waals surface area contributed by atoms with Gasteiger partial charge in [-0.05, 0) is 49.6 Å². The topological polar surface area (TPSA) is 49.4 Å². The maximum atomic E-state index is 13.7. The second-order valence-corrected chi connectivity index (χ2v) is 7.31. The minimum absolute atomic E-state index is 0.100. The number of likely N-dealkylation sites (tertiary alicyclic amines) is 1. The first-order valence-electron chi connectivity index (χ1n) is 8.62. The molecule has 0 bridgehead atoms. The van der Waals surface area contributed by atoms with Gasteiger partial charge in [-0.15, -0.1) is 11.8 Å². The lowest BCUT2D eigenvalue weighted by Gasteiger charge is -2.15. The molecule has 6 heteroatoms. The van der Waals surface area contributed by atoms with Crippen LogP contribution in [-0.2, 0) is 4.79 Å². The Morgan fingerprint density at radius 1 is 1.15 bits per heavy atom. The van der Waals surface area contributed by atoms with Crippen LogP contribution < -0.4 is 5.32 Å². The quantitative estimate of drug-likeness (QED) is 0.804. The van der Waals surface area contributed by atoms with Gasteiger partial charge < -0.3 is 10.2 Å². The molecule has 0 unspecified atom stereocenters. The van der Waals surface area contributed by atoms with E-state index in [9.17, 15) is 14.0 Å². The van der Waals surface area contributed by atoms with Gasteiger partial charge in [0.25, 0.3) is 5.91 Å². The number of aryl methyl sites for hydroxylation is 1. The number of amides is 2. The summed E-state index contributed by atoms with van der Waals surface area (Å²) in [6.45, 7) is 3.31. The lowest BCUT2D eigenvalue weighted by molar-refractivity contribution is -0.127. The van der Waals surface area contributed by atoms with E-state index >= 15 is 0 Å². The van der Waals surface area contributed by atoms with E-state index in [0.717, 1.165) is 30.8 Å². The van der Waals surface area contributed by atoms with E-state index < -0.39 is 0 Å². The van der Waals surface area contributed by atoms with E-state index in [2.05, 4.69) is 5.32 Å². The molecule has 2 amide bonds. The van der Waals surface area contributed by atoms with Crippen LogP contribution in [0.3, 0.4) is 0 Å². The SMILES string of the molecule is Cc1ccc(NC(=O)c2ccccc2SCC(=O)N2CCCC2)cc1F. The van der Waals surface area contributed by atoms with Crippen molar-refractivity contribution >= 4 is 29.3 Å². The second-order valence-electron chi connectivity index (χ2n) is 6.29. The molecular formula is C20H21FN2O2S. The normalized spacial score (nSPS) is 13.7. The molecule has 1 aliphatic heterocycles. The molecule has 4 nitrogen and oxygen atoms in total. The van der Waals surface area contributed by atoms with Gasteiger partial charge in [0.15, 0.2) is 0 Å².